The van der Waals surface area contributed by atoms with Gasteiger partial charge >= 0.3 is 0 Å². The molecule has 29 heavy (non-hydrogen) atoms. The minimum absolute atomic E-state index is 0.0347. The van der Waals surface area contributed by atoms with E-state index >= 15 is 0 Å². The van der Waals surface area contributed by atoms with Gasteiger partial charge in [-0.25, -0.2) is 9.98 Å². The second kappa shape index (κ2) is 8.15. The van der Waals surface area contributed by atoms with Gasteiger partial charge in [-0.3, -0.25) is 10.2 Å². The highest BCUT2D eigenvalue weighted by molar-refractivity contribution is 7.11. The fraction of sp³-hybridized carbons (Fsp3) is 0.0952. The van der Waals surface area contributed by atoms with Crippen LogP contribution in [-0.4, -0.2) is 34.3 Å². The van der Waals surface area contributed by atoms with Crippen LogP contribution in [0.2, 0.25) is 0 Å². The van der Waals surface area contributed by atoms with Gasteiger partial charge in [-0.1, -0.05) is 48.5 Å². The smallest absolute Gasteiger partial charge is 0.269 e. The third-order valence-electron chi connectivity index (χ3n) is 4.35. The molecule has 1 aromatic heterocycles. The number of rotatable bonds is 5. The highest BCUT2D eigenvalue weighted by atomic mass is 32.1. The van der Waals surface area contributed by atoms with Gasteiger partial charge < -0.3 is 16.0 Å². The van der Waals surface area contributed by atoms with E-state index in [4.69, 9.17) is 10.8 Å². The van der Waals surface area contributed by atoms with Gasteiger partial charge in [0.15, 0.2) is 6.17 Å². The van der Waals surface area contributed by atoms with Crippen molar-refractivity contribution in [3.63, 3.8) is 0 Å². The first-order valence-electron chi connectivity index (χ1n) is 8.96. The number of benzene rings is 2. The van der Waals surface area contributed by atoms with Crippen molar-refractivity contribution < 1.29 is 4.79 Å². The number of amides is 1. The molecule has 0 saturated carbocycles. The van der Waals surface area contributed by atoms with Crippen LogP contribution in [0.5, 0.6) is 0 Å². The van der Waals surface area contributed by atoms with Gasteiger partial charge in [0.2, 0.25) is 0 Å². The van der Waals surface area contributed by atoms with Gasteiger partial charge in [-0.2, -0.15) is 0 Å². The lowest BCUT2D eigenvalue weighted by atomic mass is 10.0. The molecule has 0 saturated heterocycles. The highest BCUT2D eigenvalue weighted by Gasteiger charge is 2.26. The van der Waals surface area contributed by atoms with Crippen LogP contribution in [0.4, 0.5) is 5.69 Å². The molecule has 144 valence electrons. The molecule has 1 aliphatic heterocycles. The average molecular weight is 402 g/mol. The topological polar surface area (TPSA) is 114 Å². The number of fused-ring (bicyclic) bond motifs is 1. The van der Waals surface area contributed by atoms with Crippen molar-refractivity contribution in [1.29, 1.82) is 10.8 Å². The lowest BCUT2D eigenvalue weighted by Gasteiger charge is -2.15. The number of carbonyl (C=O) groups is 1. The Morgan fingerprint density at radius 3 is 2.62 bits per heavy atom. The summed E-state index contributed by atoms with van der Waals surface area (Å²) in [6, 6.07) is 17.1. The Bertz CT molecular complexity index is 1090. The first-order valence-corrected chi connectivity index (χ1v) is 9.84. The van der Waals surface area contributed by atoms with E-state index in [9.17, 15) is 4.79 Å². The van der Waals surface area contributed by atoms with Gasteiger partial charge in [0.1, 0.15) is 10.8 Å². The maximum Gasteiger partial charge on any atom is 0.269 e. The van der Waals surface area contributed by atoms with Crippen molar-refractivity contribution in [3.8, 4) is 0 Å². The molecular weight excluding hydrogens is 384 g/mol. The van der Waals surface area contributed by atoms with Gasteiger partial charge in [0, 0.05) is 29.1 Å². The van der Waals surface area contributed by atoms with E-state index in [-0.39, 0.29) is 23.9 Å². The number of hydrogen-bond donors (Lipinski definition) is 4. The summed E-state index contributed by atoms with van der Waals surface area (Å²) in [6.45, 7) is 0. The molecule has 1 unspecified atom stereocenters. The number of nitrogens with one attached hydrogen (secondary N) is 4. The maximum atomic E-state index is 12.8. The Labute approximate surface area is 171 Å². The number of aliphatic imine (C=N–C) groups is 1. The van der Waals surface area contributed by atoms with Crippen molar-refractivity contribution in [2.45, 2.75) is 12.6 Å². The molecule has 0 radical (unpaired) electrons. The van der Waals surface area contributed by atoms with Crippen LogP contribution in [0.15, 0.2) is 71.2 Å². The van der Waals surface area contributed by atoms with Gasteiger partial charge in [0.05, 0.1) is 17.1 Å². The summed E-state index contributed by atoms with van der Waals surface area (Å²) >= 11 is 1.35. The molecule has 2 heterocycles. The van der Waals surface area contributed by atoms with E-state index < -0.39 is 6.17 Å². The van der Waals surface area contributed by atoms with Gasteiger partial charge in [-0.05, 0) is 6.07 Å². The number of hydrogen-bond acceptors (Lipinski definition) is 6. The molecule has 8 heteroatoms. The minimum atomic E-state index is -0.978. The van der Waals surface area contributed by atoms with Crippen LogP contribution in [-0.2, 0) is 4.79 Å². The largest absolute Gasteiger partial charge is 0.344 e. The molecule has 4 rings (SSSR count). The number of benzodiazepines with no additional fused rings is 1. The summed E-state index contributed by atoms with van der Waals surface area (Å²) in [7, 11) is 0. The average Bonchev–Trinajstić information content (AvgIpc) is 3.23. The molecular formula is C21H18N6OS. The summed E-state index contributed by atoms with van der Waals surface area (Å²) < 4.78 is 0. The predicted octanol–water partition coefficient (Wildman–Crippen LogP) is 3.28. The summed E-state index contributed by atoms with van der Waals surface area (Å²) in [5.41, 5.74) is 3.26. The van der Waals surface area contributed by atoms with Crippen molar-refractivity contribution in [2.75, 3.05) is 5.32 Å². The van der Waals surface area contributed by atoms with Crippen molar-refractivity contribution in [2.24, 2.45) is 4.99 Å². The molecule has 0 fully saturated rings. The highest BCUT2D eigenvalue weighted by Crippen LogP contribution is 2.23. The van der Waals surface area contributed by atoms with Crippen LogP contribution in [0, 0.1) is 10.8 Å². The number of nitrogens with zero attached hydrogens (tertiary/aromatic N) is 2. The first-order chi connectivity index (χ1) is 14.1. The molecule has 0 spiro atoms. The minimum Gasteiger partial charge on any atom is -0.344 e. The van der Waals surface area contributed by atoms with Crippen LogP contribution in [0.3, 0.4) is 0 Å². The summed E-state index contributed by atoms with van der Waals surface area (Å²) in [5.74, 6) is -0.318. The molecule has 2 aromatic carbocycles. The SMILES string of the molecule is N=C(CC(=N)c1nccs1)NC1N=C(c2ccccc2)c2ccccc2NC1=O. The number of aromatic nitrogens is 1. The van der Waals surface area contributed by atoms with Gasteiger partial charge in [-0.15, -0.1) is 11.3 Å². The van der Waals surface area contributed by atoms with Crippen LogP contribution in [0.25, 0.3) is 0 Å². The lowest BCUT2D eigenvalue weighted by molar-refractivity contribution is -0.117. The second-order valence-corrected chi connectivity index (χ2v) is 7.29. The third kappa shape index (κ3) is 4.12. The fourth-order valence-corrected chi connectivity index (χ4v) is 3.61. The third-order valence-corrected chi connectivity index (χ3v) is 5.18. The van der Waals surface area contributed by atoms with E-state index in [0.29, 0.717) is 16.4 Å². The fourth-order valence-electron chi connectivity index (χ4n) is 3.02. The second-order valence-electron chi connectivity index (χ2n) is 6.40. The van der Waals surface area contributed by atoms with E-state index in [2.05, 4.69) is 20.6 Å². The lowest BCUT2D eigenvalue weighted by Crippen LogP contribution is -2.42. The maximum absolute atomic E-state index is 12.8. The quantitative estimate of drug-likeness (QED) is 0.388. The summed E-state index contributed by atoms with van der Waals surface area (Å²) in [5, 5.41) is 24.4. The Balaban J connectivity index is 1.62. The van der Waals surface area contributed by atoms with E-state index in [1.54, 1.807) is 11.6 Å². The molecule has 1 atom stereocenters. The number of amidine groups is 1. The molecule has 0 bridgehead atoms. The van der Waals surface area contributed by atoms with Crippen LogP contribution >= 0.6 is 11.3 Å². The normalized spacial score (nSPS) is 15.5. The van der Waals surface area contributed by atoms with Crippen molar-refractivity contribution in [1.82, 2.24) is 10.3 Å². The number of carbonyl (C=O) groups excluding carboxylic acids is 1. The zero-order valence-electron chi connectivity index (χ0n) is 15.3. The first kappa shape index (κ1) is 18.7. The Kier molecular flexibility index (Phi) is 5.26. The monoisotopic (exact) mass is 402 g/mol. The zero-order chi connectivity index (χ0) is 20.2. The number of para-hydroxylation sites is 1. The predicted molar refractivity (Wildman–Crippen MR) is 115 cm³/mol. The number of anilines is 1. The summed E-state index contributed by atoms with van der Waals surface area (Å²) in [4.78, 5) is 21.5. The Morgan fingerprint density at radius 2 is 1.86 bits per heavy atom. The van der Waals surface area contributed by atoms with E-state index in [0.717, 1.165) is 11.1 Å². The number of thiazole rings is 1. The zero-order valence-corrected chi connectivity index (χ0v) is 16.2. The van der Waals surface area contributed by atoms with Gasteiger partial charge in [0.25, 0.3) is 5.91 Å². The Hall–Kier alpha value is -3.65. The molecule has 7 nitrogen and oxygen atoms in total. The van der Waals surface area contributed by atoms with E-state index in [1.807, 2.05) is 54.6 Å². The molecule has 4 N–H and O–H groups in total. The van der Waals surface area contributed by atoms with E-state index in [1.165, 1.54) is 11.3 Å². The van der Waals surface area contributed by atoms with Crippen LogP contribution in [0.1, 0.15) is 22.6 Å². The van der Waals surface area contributed by atoms with Crippen LogP contribution < -0.4 is 10.6 Å². The molecule has 1 amide bonds. The van der Waals surface area contributed by atoms with Crippen molar-refractivity contribution in [3.05, 3.63) is 82.3 Å². The Morgan fingerprint density at radius 1 is 1.10 bits per heavy atom. The van der Waals surface area contributed by atoms with Crippen molar-refractivity contribution >= 4 is 40.2 Å². The molecule has 0 aliphatic carbocycles. The summed E-state index contributed by atoms with van der Waals surface area (Å²) in [6.07, 6.45) is 0.688. The standard InChI is InChI=1S/C21H18N6OS/c22-15(21-24-10-11-29-21)12-17(23)26-19-20(28)25-16-9-5-4-8-14(16)18(27-19)13-6-2-1-3-7-13/h1-11,19,22H,12H2,(H2,23,26)(H,25,28). The molecule has 3 aromatic rings. The molecule has 1 aliphatic rings.